The number of hydrogen-bond donors (Lipinski definition) is 0. The third-order valence-electron chi connectivity index (χ3n) is 5.06. The topological polar surface area (TPSA) is 13.1 Å². The Morgan fingerprint density at radius 1 is 1.00 bits per heavy atom. The van der Waals surface area contributed by atoms with Crippen LogP contribution in [0.3, 0.4) is 0 Å². The number of benzene rings is 2. The molecule has 0 saturated carbocycles. The van der Waals surface area contributed by atoms with Crippen molar-refractivity contribution in [2.24, 2.45) is 0 Å². The number of aryl methyl sites for hydroxylation is 2. The molecule has 1 aliphatic rings. The van der Waals surface area contributed by atoms with E-state index in [0.29, 0.717) is 11.8 Å². The van der Waals surface area contributed by atoms with E-state index in [-0.39, 0.29) is 0 Å². The summed E-state index contributed by atoms with van der Waals surface area (Å²) < 4.78 is 5.99. The zero-order valence-corrected chi connectivity index (χ0v) is 12.6. The number of hydrogen-bond acceptors (Lipinski definition) is 1. The first kappa shape index (κ1) is 12.7. The molecule has 1 heteroatoms. The minimum atomic E-state index is 0.551. The monoisotopic (exact) mass is 276 g/mol. The van der Waals surface area contributed by atoms with E-state index in [1.165, 1.54) is 34.9 Å². The first-order chi connectivity index (χ1) is 10.3. The molecule has 3 aromatic rings. The molecule has 0 radical (unpaired) electrons. The maximum absolute atomic E-state index is 5.99. The van der Waals surface area contributed by atoms with Crippen LogP contribution >= 0.6 is 0 Å². The van der Waals surface area contributed by atoms with E-state index in [4.69, 9.17) is 4.42 Å². The molecular formula is C20H20O. The van der Waals surface area contributed by atoms with Crippen molar-refractivity contribution in [3.8, 4) is 0 Å². The van der Waals surface area contributed by atoms with Gasteiger partial charge >= 0.3 is 0 Å². The lowest BCUT2D eigenvalue weighted by Crippen LogP contribution is -2.17. The zero-order valence-electron chi connectivity index (χ0n) is 12.6. The van der Waals surface area contributed by atoms with E-state index < -0.39 is 0 Å². The lowest BCUT2D eigenvalue weighted by molar-refractivity contribution is 0.486. The van der Waals surface area contributed by atoms with Crippen LogP contribution in [-0.2, 0) is 6.42 Å². The van der Waals surface area contributed by atoms with E-state index in [1.54, 1.807) is 0 Å². The highest BCUT2D eigenvalue weighted by Crippen LogP contribution is 2.45. The average molecular weight is 276 g/mol. The largest absolute Gasteiger partial charge is 0.461 e. The van der Waals surface area contributed by atoms with E-state index in [9.17, 15) is 0 Å². The third-order valence-corrected chi connectivity index (χ3v) is 5.06. The van der Waals surface area contributed by atoms with Gasteiger partial charge in [0.25, 0.3) is 0 Å². The SMILES string of the molecule is Cc1oc2ccccc2c1C1CCc2ccccc2[C@H]1C. The predicted octanol–water partition coefficient (Wildman–Crippen LogP) is 5.57. The van der Waals surface area contributed by atoms with Gasteiger partial charge in [0.05, 0.1) is 0 Å². The summed E-state index contributed by atoms with van der Waals surface area (Å²) in [5.74, 6) is 2.20. The lowest BCUT2D eigenvalue weighted by Gasteiger charge is -2.31. The first-order valence-electron chi connectivity index (χ1n) is 7.81. The minimum Gasteiger partial charge on any atom is -0.461 e. The number of para-hydroxylation sites is 1. The molecule has 1 unspecified atom stereocenters. The Hall–Kier alpha value is -2.02. The van der Waals surface area contributed by atoms with Crippen molar-refractivity contribution in [2.45, 2.75) is 38.5 Å². The van der Waals surface area contributed by atoms with Crippen LogP contribution in [0.4, 0.5) is 0 Å². The van der Waals surface area contributed by atoms with Crippen LogP contribution in [0.25, 0.3) is 11.0 Å². The Kier molecular flexibility index (Phi) is 2.88. The quantitative estimate of drug-likeness (QED) is 0.566. The highest BCUT2D eigenvalue weighted by atomic mass is 16.3. The van der Waals surface area contributed by atoms with Crippen molar-refractivity contribution >= 4 is 11.0 Å². The van der Waals surface area contributed by atoms with Crippen molar-refractivity contribution in [3.63, 3.8) is 0 Å². The summed E-state index contributed by atoms with van der Waals surface area (Å²) in [6.07, 6.45) is 2.38. The molecule has 0 amide bonds. The maximum Gasteiger partial charge on any atom is 0.134 e. The molecule has 1 nitrogen and oxygen atoms in total. The third kappa shape index (κ3) is 1.91. The molecule has 0 aliphatic heterocycles. The van der Waals surface area contributed by atoms with Gasteiger partial charge in [-0.05, 0) is 48.8 Å². The van der Waals surface area contributed by atoms with Crippen LogP contribution in [0.15, 0.2) is 52.9 Å². The predicted molar refractivity (Wildman–Crippen MR) is 86.9 cm³/mol. The molecule has 0 fully saturated rings. The van der Waals surface area contributed by atoms with Crippen LogP contribution < -0.4 is 0 Å². The molecule has 0 saturated heterocycles. The molecule has 0 N–H and O–H groups in total. The van der Waals surface area contributed by atoms with Gasteiger partial charge in [-0.15, -0.1) is 0 Å². The molecule has 0 bridgehead atoms. The Morgan fingerprint density at radius 3 is 2.67 bits per heavy atom. The molecule has 4 rings (SSSR count). The van der Waals surface area contributed by atoms with E-state index in [1.807, 2.05) is 0 Å². The van der Waals surface area contributed by atoms with Crippen molar-refractivity contribution in [3.05, 3.63) is 71.0 Å². The van der Waals surface area contributed by atoms with Gasteiger partial charge in [-0.2, -0.15) is 0 Å². The molecule has 21 heavy (non-hydrogen) atoms. The van der Waals surface area contributed by atoms with Crippen molar-refractivity contribution in [2.75, 3.05) is 0 Å². The second-order valence-electron chi connectivity index (χ2n) is 6.20. The highest BCUT2D eigenvalue weighted by Gasteiger charge is 2.30. The fourth-order valence-corrected chi connectivity index (χ4v) is 4.03. The zero-order chi connectivity index (χ0) is 14.4. The standard InChI is InChI=1S/C20H20O/c1-13-16-8-4-3-7-15(16)11-12-17(13)20-14(2)21-19-10-6-5-9-18(19)20/h3-10,13,17H,11-12H2,1-2H3/t13-,17?/m1/s1. The van der Waals surface area contributed by atoms with Gasteiger partial charge in [0.2, 0.25) is 0 Å². The fourth-order valence-electron chi connectivity index (χ4n) is 4.03. The van der Waals surface area contributed by atoms with Crippen molar-refractivity contribution in [1.29, 1.82) is 0 Å². The fraction of sp³-hybridized carbons (Fsp3) is 0.300. The molecule has 2 atom stereocenters. The smallest absolute Gasteiger partial charge is 0.134 e. The van der Waals surface area contributed by atoms with Gasteiger partial charge < -0.3 is 4.42 Å². The highest BCUT2D eigenvalue weighted by molar-refractivity contribution is 5.83. The lowest BCUT2D eigenvalue weighted by atomic mass is 9.72. The second kappa shape index (κ2) is 4.77. The van der Waals surface area contributed by atoms with Crippen molar-refractivity contribution < 1.29 is 4.42 Å². The number of rotatable bonds is 1. The molecular weight excluding hydrogens is 256 g/mol. The summed E-state index contributed by atoms with van der Waals surface area (Å²) in [5.41, 5.74) is 5.48. The molecule has 0 spiro atoms. The number of furan rings is 1. The van der Waals surface area contributed by atoms with Crippen LogP contribution in [0.5, 0.6) is 0 Å². The summed E-state index contributed by atoms with van der Waals surface area (Å²) in [6.45, 7) is 4.48. The van der Waals surface area contributed by atoms with Gasteiger partial charge in [0.15, 0.2) is 0 Å². The summed E-state index contributed by atoms with van der Waals surface area (Å²) in [4.78, 5) is 0. The summed E-state index contributed by atoms with van der Waals surface area (Å²) in [5, 5.41) is 1.30. The molecule has 106 valence electrons. The van der Waals surface area contributed by atoms with Crippen LogP contribution in [0, 0.1) is 6.92 Å². The summed E-state index contributed by atoms with van der Waals surface area (Å²) in [7, 11) is 0. The Balaban J connectivity index is 1.85. The summed E-state index contributed by atoms with van der Waals surface area (Å²) >= 11 is 0. The van der Waals surface area contributed by atoms with Gasteiger partial charge in [-0.1, -0.05) is 49.4 Å². The van der Waals surface area contributed by atoms with Crippen molar-refractivity contribution in [1.82, 2.24) is 0 Å². The van der Waals surface area contributed by atoms with Gasteiger partial charge in [0.1, 0.15) is 11.3 Å². The molecule has 1 aromatic heterocycles. The van der Waals surface area contributed by atoms with Gasteiger partial charge in [-0.25, -0.2) is 0 Å². The normalized spacial score (nSPS) is 21.4. The van der Waals surface area contributed by atoms with Gasteiger partial charge in [0, 0.05) is 10.9 Å². The molecule has 2 aromatic carbocycles. The molecule has 1 aliphatic carbocycles. The minimum absolute atomic E-state index is 0.551. The van der Waals surface area contributed by atoms with Gasteiger partial charge in [-0.3, -0.25) is 0 Å². The van der Waals surface area contributed by atoms with E-state index in [2.05, 4.69) is 62.4 Å². The van der Waals surface area contributed by atoms with Crippen LogP contribution in [0.2, 0.25) is 0 Å². The Morgan fingerprint density at radius 2 is 1.76 bits per heavy atom. The van der Waals surface area contributed by atoms with Crippen LogP contribution in [0.1, 0.15) is 47.6 Å². The molecule has 1 heterocycles. The van der Waals surface area contributed by atoms with Crippen LogP contribution in [-0.4, -0.2) is 0 Å². The Labute approximate surface area is 125 Å². The Bertz CT molecular complexity index is 796. The number of fused-ring (bicyclic) bond motifs is 2. The average Bonchev–Trinajstić information content (AvgIpc) is 2.84. The van der Waals surface area contributed by atoms with E-state index >= 15 is 0 Å². The maximum atomic E-state index is 5.99. The van der Waals surface area contributed by atoms with E-state index in [0.717, 1.165) is 11.3 Å². The first-order valence-corrected chi connectivity index (χ1v) is 7.81. The summed E-state index contributed by atoms with van der Waals surface area (Å²) in [6, 6.07) is 17.3. The second-order valence-corrected chi connectivity index (χ2v) is 6.20.